The first-order valence-corrected chi connectivity index (χ1v) is 8.67. The molecule has 4 aromatic rings. The summed E-state index contributed by atoms with van der Waals surface area (Å²) < 4.78 is 2.20. The fourth-order valence-electron chi connectivity index (χ4n) is 3.54. The van der Waals surface area contributed by atoms with E-state index in [0.717, 1.165) is 29.1 Å². The van der Waals surface area contributed by atoms with Crippen LogP contribution in [0.4, 0.5) is 0 Å². The van der Waals surface area contributed by atoms with Crippen molar-refractivity contribution in [3.8, 4) is 16.8 Å². The zero-order valence-corrected chi connectivity index (χ0v) is 14.8. The molecule has 0 amide bonds. The summed E-state index contributed by atoms with van der Waals surface area (Å²) in [6.07, 6.45) is 4.03. The molecule has 0 saturated heterocycles. The lowest BCUT2D eigenvalue weighted by Gasteiger charge is -2.11. The molecule has 1 unspecified atom stereocenters. The average Bonchev–Trinajstić information content (AvgIpc) is 3.24. The highest BCUT2D eigenvalue weighted by atomic mass is 16.4. The van der Waals surface area contributed by atoms with Gasteiger partial charge in [0.2, 0.25) is 0 Å². The van der Waals surface area contributed by atoms with Gasteiger partial charge >= 0.3 is 0 Å². The monoisotopic (exact) mass is 357 g/mol. The van der Waals surface area contributed by atoms with E-state index in [4.69, 9.17) is 15.6 Å². The molecule has 0 saturated carbocycles. The third-order valence-corrected chi connectivity index (χ3v) is 4.64. The van der Waals surface area contributed by atoms with Crippen LogP contribution in [0.2, 0.25) is 0 Å². The van der Waals surface area contributed by atoms with Crippen LogP contribution in [0.5, 0.6) is 0 Å². The van der Waals surface area contributed by atoms with Crippen LogP contribution >= 0.6 is 0 Å². The topological polar surface area (TPSA) is 81.1 Å². The van der Waals surface area contributed by atoms with E-state index in [1.54, 1.807) is 0 Å². The van der Waals surface area contributed by atoms with Crippen molar-refractivity contribution in [2.75, 3.05) is 0 Å². The normalized spacial score (nSPS) is 14.2. The summed E-state index contributed by atoms with van der Waals surface area (Å²) in [7, 11) is 0. The third-order valence-electron chi connectivity index (χ3n) is 4.64. The Labute approximate surface area is 156 Å². The minimum atomic E-state index is -0.833. The van der Waals surface area contributed by atoms with Gasteiger partial charge in [-0.3, -0.25) is 9.78 Å². The van der Waals surface area contributed by atoms with E-state index < -0.39 is 5.97 Å². The Bertz CT molecular complexity index is 1140. The standard InChI is InChI=1S/C20H15N3.C2H4O2/c21-19-16-7-3-6-15(20(16)23-10-4-9-18(19)23)14-11-13-5-1-2-8-17(13)22-12-14;1-2(3)4/h1-12,19H,21H2;1H3,(H,3,4). The first-order valence-electron chi connectivity index (χ1n) is 8.67. The minimum absolute atomic E-state index is 0.0617. The van der Waals surface area contributed by atoms with Gasteiger partial charge in [0.15, 0.2) is 0 Å². The molecule has 1 aliphatic rings. The van der Waals surface area contributed by atoms with Crippen molar-refractivity contribution < 1.29 is 9.90 Å². The van der Waals surface area contributed by atoms with Crippen LogP contribution in [0.1, 0.15) is 24.2 Å². The number of fused-ring (bicyclic) bond motifs is 4. The predicted molar refractivity (Wildman–Crippen MR) is 106 cm³/mol. The number of aliphatic carboxylic acids is 1. The molecule has 0 spiro atoms. The van der Waals surface area contributed by atoms with Gasteiger partial charge in [0.1, 0.15) is 0 Å². The molecule has 5 heteroatoms. The van der Waals surface area contributed by atoms with Gasteiger partial charge in [-0.2, -0.15) is 0 Å². The van der Waals surface area contributed by atoms with Crippen molar-refractivity contribution in [1.82, 2.24) is 9.55 Å². The molecule has 3 N–H and O–H groups in total. The maximum atomic E-state index is 9.00. The molecule has 0 aliphatic carbocycles. The van der Waals surface area contributed by atoms with Crippen molar-refractivity contribution in [2.45, 2.75) is 13.0 Å². The molecule has 2 aromatic heterocycles. The van der Waals surface area contributed by atoms with E-state index in [0.29, 0.717) is 0 Å². The number of hydrogen-bond acceptors (Lipinski definition) is 3. The highest BCUT2D eigenvalue weighted by molar-refractivity contribution is 5.86. The van der Waals surface area contributed by atoms with Crippen LogP contribution in [-0.4, -0.2) is 20.6 Å². The number of carbonyl (C=O) groups is 1. The summed E-state index contributed by atoms with van der Waals surface area (Å²) in [4.78, 5) is 13.6. The Kier molecular flexibility index (Phi) is 4.22. The Morgan fingerprint density at radius 3 is 2.70 bits per heavy atom. The fraction of sp³-hybridized carbons (Fsp3) is 0.0909. The number of benzene rings is 2. The summed E-state index contributed by atoms with van der Waals surface area (Å²) >= 11 is 0. The molecule has 134 valence electrons. The Balaban J connectivity index is 0.000000413. The van der Waals surface area contributed by atoms with Gasteiger partial charge in [0.25, 0.3) is 5.97 Å². The van der Waals surface area contributed by atoms with E-state index in [1.165, 1.54) is 16.8 Å². The molecule has 27 heavy (non-hydrogen) atoms. The predicted octanol–water partition coefficient (Wildman–Crippen LogP) is 4.14. The van der Waals surface area contributed by atoms with Crippen molar-refractivity contribution >= 4 is 16.9 Å². The van der Waals surface area contributed by atoms with E-state index in [9.17, 15) is 0 Å². The van der Waals surface area contributed by atoms with Gasteiger partial charge < -0.3 is 15.4 Å². The summed E-state index contributed by atoms with van der Waals surface area (Å²) in [6, 6.07) is 20.8. The zero-order valence-electron chi connectivity index (χ0n) is 14.8. The smallest absolute Gasteiger partial charge is 0.300 e. The van der Waals surface area contributed by atoms with E-state index in [2.05, 4.69) is 52.1 Å². The summed E-state index contributed by atoms with van der Waals surface area (Å²) in [5.41, 5.74) is 13.2. The number of aromatic nitrogens is 2. The zero-order chi connectivity index (χ0) is 19.0. The molecular formula is C22H19N3O2. The fourth-order valence-corrected chi connectivity index (χ4v) is 3.54. The SMILES string of the molecule is CC(=O)O.NC1c2cccc(-c3cnc4ccccc4c3)c2-n2cccc21. The number of carboxylic acid groups (broad SMARTS) is 1. The van der Waals surface area contributed by atoms with Gasteiger partial charge in [-0.15, -0.1) is 0 Å². The summed E-state index contributed by atoms with van der Waals surface area (Å²) in [6.45, 7) is 1.08. The second-order valence-corrected chi connectivity index (χ2v) is 6.46. The van der Waals surface area contributed by atoms with Crippen LogP contribution in [-0.2, 0) is 4.79 Å². The van der Waals surface area contributed by atoms with Gasteiger partial charge in [0.05, 0.1) is 17.2 Å². The van der Waals surface area contributed by atoms with Crippen LogP contribution in [0.15, 0.2) is 73.1 Å². The van der Waals surface area contributed by atoms with Gasteiger partial charge in [0, 0.05) is 41.5 Å². The number of hydrogen-bond donors (Lipinski definition) is 2. The van der Waals surface area contributed by atoms with E-state index in [-0.39, 0.29) is 6.04 Å². The first-order chi connectivity index (χ1) is 13.1. The van der Waals surface area contributed by atoms with E-state index >= 15 is 0 Å². The lowest BCUT2D eigenvalue weighted by Crippen LogP contribution is -2.07. The highest BCUT2D eigenvalue weighted by Gasteiger charge is 2.27. The summed E-state index contributed by atoms with van der Waals surface area (Å²) in [5.74, 6) is -0.833. The van der Waals surface area contributed by atoms with E-state index in [1.807, 2.05) is 30.5 Å². The number of nitrogens with zero attached hydrogens (tertiary/aromatic N) is 2. The quantitative estimate of drug-likeness (QED) is 0.536. The number of rotatable bonds is 1. The third kappa shape index (κ3) is 2.98. The number of para-hydroxylation sites is 2. The molecule has 0 fully saturated rings. The molecule has 2 aromatic carbocycles. The highest BCUT2D eigenvalue weighted by Crippen LogP contribution is 2.40. The molecule has 0 bridgehead atoms. The van der Waals surface area contributed by atoms with Crippen molar-refractivity contribution in [3.05, 3.63) is 84.3 Å². The number of nitrogens with two attached hydrogens (primary N) is 1. The second-order valence-electron chi connectivity index (χ2n) is 6.46. The molecule has 1 atom stereocenters. The van der Waals surface area contributed by atoms with Crippen LogP contribution in [0.3, 0.4) is 0 Å². The van der Waals surface area contributed by atoms with Gasteiger partial charge in [-0.1, -0.05) is 36.4 Å². The molecule has 3 heterocycles. The lowest BCUT2D eigenvalue weighted by atomic mass is 9.98. The van der Waals surface area contributed by atoms with Gasteiger partial charge in [-0.05, 0) is 29.8 Å². The largest absolute Gasteiger partial charge is 0.481 e. The van der Waals surface area contributed by atoms with Crippen LogP contribution in [0, 0.1) is 0 Å². The maximum absolute atomic E-state index is 9.00. The molecule has 5 rings (SSSR count). The molecule has 0 radical (unpaired) electrons. The van der Waals surface area contributed by atoms with Crippen LogP contribution in [0.25, 0.3) is 27.7 Å². The molecule has 5 nitrogen and oxygen atoms in total. The van der Waals surface area contributed by atoms with Crippen molar-refractivity contribution in [2.24, 2.45) is 5.73 Å². The van der Waals surface area contributed by atoms with Crippen molar-refractivity contribution in [3.63, 3.8) is 0 Å². The Hall–Kier alpha value is -3.44. The molecule has 1 aliphatic heterocycles. The Morgan fingerprint density at radius 1 is 1.11 bits per heavy atom. The Morgan fingerprint density at radius 2 is 1.89 bits per heavy atom. The average molecular weight is 357 g/mol. The number of carboxylic acids is 1. The maximum Gasteiger partial charge on any atom is 0.300 e. The van der Waals surface area contributed by atoms with Gasteiger partial charge in [-0.25, -0.2) is 0 Å². The van der Waals surface area contributed by atoms with Crippen LogP contribution < -0.4 is 5.73 Å². The minimum Gasteiger partial charge on any atom is -0.481 e. The van der Waals surface area contributed by atoms with Crippen molar-refractivity contribution in [1.29, 1.82) is 0 Å². The second kappa shape index (κ2) is 6.70. The number of pyridine rings is 1. The first kappa shape index (κ1) is 17.0. The summed E-state index contributed by atoms with van der Waals surface area (Å²) in [5, 5.41) is 8.57. The molecular weight excluding hydrogens is 338 g/mol. The lowest BCUT2D eigenvalue weighted by molar-refractivity contribution is -0.134.